The third-order valence-electron chi connectivity index (χ3n) is 2.62. The molecule has 0 saturated carbocycles. The summed E-state index contributed by atoms with van der Waals surface area (Å²) in [6, 6.07) is 2.69. The first kappa shape index (κ1) is 6.06. The van der Waals surface area contributed by atoms with E-state index in [0.717, 1.165) is 13.1 Å². The monoisotopic (exact) mass is 136 g/mol. The molecule has 2 fully saturated rings. The molecule has 2 rings (SSSR count). The van der Waals surface area contributed by atoms with Gasteiger partial charge in [0.15, 0.2) is 0 Å². The predicted octanol–water partition coefficient (Wildman–Crippen LogP) is -0.128. The minimum atomic E-state index is 0.562. The van der Waals surface area contributed by atoms with Gasteiger partial charge >= 0.3 is 0 Å². The van der Waals surface area contributed by atoms with Crippen LogP contribution in [-0.2, 0) is 0 Å². The Morgan fingerprint density at radius 3 is 2.60 bits per heavy atom. The standard InChI is InChI=1S/C8H12N2/c1-2-10-4-3-8(7-10)5-9-6-8/h1,9H,3-7H2. The number of nitrogens with zero attached hydrogens (tertiary/aromatic N) is 1. The average molecular weight is 136 g/mol. The molecular formula is C8H12N2. The maximum atomic E-state index is 5.29. The van der Waals surface area contributed by atoms with E-state index in [1.165, 1.54) is 19.5 Å². The molecule has 1 N–H and O–H groups in total. The Bertz CT molecular complexity index is 176. The zero-order chi connectivity index (χ0) is 7.03. The lowest BCUT2D eigenvalue weighted by Gasteiger charge is -2.38. The zero-order valence-corrected chi connectivity index (χ0v) is 6.06. The van der Waals surface area contributed by atoms with Gasteiger partial charge in [0.2, 0.25) is 0 Å². The van der Waals surface area contributed by atoms with Crippen LogP contribution in [0.5, 0.6) is 0 Å². The highest BCUT2D eigenvalue weighted by atomic mass is 15.2. The minimum absolute atomic E-state index is 0.562. The van der Waals surface area contributed by atoms with Crippen LogP contribution in [0.2, 0.25) is 0 Å². The molecule has 0 aromatic carbocycles. The molecule has 2 aliphatic heterocycles. The predicted molar refractivity (Wildman–Crippen MR) is 40.3 cm³/mol. The fourth-order valence-corrected chi connectivity index (χ4v) is 1.81. The number of terminal acetylenes is 1. The molecule has 0 aliphatic carbocycles. The van der Waals surface area contributed by atoms with Crippen molar-refractivity contribution in [3.8, 4) is 12.5 Å². The van der Waals surface area contributed by atoms with Crippen molar-refractivity contribution in [2.45, 2.75) is 6.42 Å². The second-order valence-corrected chi connectivity index (χ2v) is 3.40. The van der Waals surface area contributed by atoms with E-state index >= 15 is 0 Å². The molecule has 1 spiro atoms. The Kier molecular flexibility index (Phi) is 1.15. The van der Waals surface area contributed by atoms with Crippen molar-refractivity contribution in [2.24, 2.45) is 5.41 Å². The third-order valence-corrected chi connectivity index (χ3v) is 2.62. The van der Waals surface area contributed by atoms with Crippen LogP contribution in [-0.4, -0.2) is 31.1 Å². The SMILES string of the molecule is C#CN1CCC2(CNC2)C1. The second kappa shape index (κ2) is 1.90. The van der Waals surface area contributed by atoms with Gasteiger partial charge in [0.25, 0.3) is 0 Å². The average Bonchev–Trinajstić information content (AvgIpc) is 2.29. The molecule has 2 aliphatic rings. The lowest BCUT2D eigenvalue weighted by molar-refractivity contribution is 0.184. The first-order chi connectivity index (χ1) is 4.85. The number of hydrogen-bond donors (Lipinski definition) is 1. The Hall–Kier alpha value is -0.680. The molecule has 0 aromatic rings. The number of rotatable bonds is 0. The number of likely N-dealkylation sites (tertiary alicyclic amines) is 1. The molecule has 2 saturated heterocycles. The van der Waals surface area contributed by atoms with Gasteiger partial charge in [-0.15, -0.1) is 0 Å². The van der Waals surface area contributed by atoms with E-state index in [2.05, 4.69) is 16.3 Å². The highest BCUT2D eigenvalue weighted by molar-refractivity contribution is 5.03. The first-order valence-electron chi connectivity index (χ1n) is 3.77. The molecule has 0 bridgehead atoms. The third kappa shape index (κ3) is 0.708. The van der Waals surface area contributed by atoms with Crippen LogP contribution in [0.15, 0.2) is 0 Å². The summed E-state index contributed by atoms with van der Waals surface area (Å²) in [5.41, 5.74) is 0.562. The smallest absolute Gasteiger partial charge is 0.0342 e. The van der Waals surface area contributed by atoms with Gasteiger partial charge < -0.3 is 10.2 Å². The number of hydrogen-bond acceptors (Lipinski definition) is 2. The van der Waals surface area contributed by atoms with Gasteiger partial charge in [-0.3, -0.25) is 0 Å². The molecule has 2 nitrogen and oxygen atoms in total. The molecule has 54 valence electrons. The van der Waals surface area contributed by atoms with E-state index in [0.29, 0.717) is 5.41 Å². The van der Waals surface area contributed by atoms with Gasteiger partial charge in [-0.2, -0.15) is 0 Å². The van der Waals surface area contributed by atoms with Gasteiger partial charge in [-0.05, 0) is 6.42 Å². The van der Waals surface area contributed by atoms with E-state index in [1.54, 1.807) is 0 Å². The molecule has 2 heteroatoms. The maximum absolute atomic E-state index is 5.29. The topological polar surface area (TPSA) is 15.3 Å². The van der Waals surface area contributed by atoms with Crippen molar-refractivity contribution in [3.05, 3.63) is 0 Å². The van der Waals surface area contributed by atoms with E-state index in [4.69, 9.17) is 6.42 Å². The minimum Gasteiger partial charge on any atom is -0.332 e. The van der Waals surface area contributed by atoms with Crippen molar-refractivity contribution in [1.29, 1.82) is 0 Å². The Labute approximate surface area is 61.6 Å². The van der Waals surface area contributed by atoms with Crippen LogP contribution in [0.1, 0.15) is 6.42 Å². The summed E-state index contributed by atoms with van der Waals surface area (Å²) in [5, 5.41) is 3.29. The first-order valence-corrected chi connectivity index (χ1v) is 3.77. The normalized spacial score (nSPS) is 28.1. The van der Waals surface area contributed by atoms with Gasteiger partial charge in [0, 0.05) is 37.6 Å². The van der Waals surface area contributed by atoms with Crippen molar-refractivity contribution in [1.82, 2.24) is 10.2 Å². The number of nitrogens with one attached hydrogen (secondary N) is 1. The zero-order valence-electron chi connectivity index (χ0n) is 6.06. The summed E-state index contributed by atoms with van der Waals surface area (Å²) < 4.78 is 0. The Balaban J connectivity index is 2.00. The van der Waals surface area contributed by atoms with Crippen molar-refractivity contribution >= 4 is 0 Å². The van der Waals surface area contributed by atoms with E-state index < -0.39 is 0 Å². The van der Waals surface area contributed by atoms with Crippen molar-refractivity contribution in [2.75, 3.05) is 26.2 Å². The van der Waals surface area contributed by atoms with Gasteiger partial charge in [-0.1, -0.05) is 6.42 Å². The second-order valence-electron chi connectivity index (χ2n) is 3.40. The van der Waals surface area contributed by atoms with Crippen LogP contribution in [0.4, 0.5) is 0 Å². The molecule has 0 amide bonds. The Morgan fingerprint density at radius 2 is 2.30 bits per heavy atom. The summed E-state index contributed by atoms with van der Waals surface area (Å²) in [4.78, 5) is 2.08. The van der Waals surface area contributed by atoms with Crippen LogP contribution < -0.4 is 5.32 Å². The maximum Gasteiger partial charge on any atom is 0.0342 e. The van der Waals surface area contributed by atoms with Gasteiger partial charge in [-0.25, -0.2) is 0 Å². The molecule has 0 radical (unpaired) electrons. The van der Waals surface area contributed by atoms with Crippen molar-refractivity contribution < 1.29 is 0 Å². The Morgan fingerprint density at radius 1 is 1.50 bits per heavy atom. The van der Waals surface area contributed by atoms with Crippen LogP contribution in [0.25, 0.3) is 0 Å². The van der Waals surface area contributed by atoms with Crippen LogP contribution in [0.3, 0.4) is 0 Å². The molecule has 2 heterocycles. The molecule has 10 heavy (non-hydrogen) atoms. The highest BCUT2D eigenvalue weighted by Gasteiger charge is 2.42. The van der Waals surface area contributed by atoms with E-state index in [9.17, 15) is 0 Å². The molecule has 0 atom stereocenters. The summed E-state index contributed by atoms with van der Waals surface area (Å²) >= 11 is 0. The summed E-state index contributed by atoms with van der Waals surface area (Å²) in [6.45, 7) is 4.55. The van der Waals surface area contributed by atoms with Crippen LogP contribution >= 0.6 is 0 Å². The highest BCUT2D eigenvalue weighted by Crippen LogP contribution is 2.33. The summed E-state index contributed by atoms with van der Waals surface area (Å²) in [7, 11) is 0. The van der Waals surface area contributed by atoms with Gasteiger partial charge in [0.05, 0.1) is 0 Å². The fraction of sp³-hybridized carbons (Fsp3) is 0.750. The molecular weight excluding hydrogens is 124 g/mol. The lowest BCUT2D eigenvalue weighted by Crippen LogP contribution is -2.54. The molecule has 0 aromatic heterocycles. The van der Waals surface area contributed by atoms with Crippen molar-refractivity contribution in [3.63, 3.8) is 0 Å². The van der Waals surface area contributed by atoms with Crippen LogP contribution in [0, 0.1) is 17.9 Å². The lowest BCUT2D eigenvalue weighted by atomic mass is 9.81. The van der Waals surface area contributed by atoms with Gasteiger partial charge in [0.1, 0.15) is 0 Å². The summed E-state index contributed by atoms with van der Waals surface area (Å²) in [6.07, 6.45) is 6.57. The van der Waals surface area contributed by atoms with E-state index in [-0.39, 0.29) is 0 Å². The largest absolute Gasteiger partial charge is 0.332 e. The fourth-order valence-electron chi connectivity index (χ4n) is 1.81. The quantitative estimate of drug-likeness (QED) is 0.467. The molecule has 0 unspecified atom stereocenters. The summed E-state index contributed by atoms with van der Waals surface area (Å²) in [5.74, 6) is 0. The van der Waals surface area contributed by atoms with E-state index in [1.807, 2.05) is 0 Å².